The molecular formula is C26H24N4O. The molecule has 31 heavy (non-hydrogen) atoms. The maximum Gasteiger partial charge on any atom is 0.254 e. The molecule has 0 unspecified atom stereocenters. The summed E-state index contributed by atoms with van der Waals surface area (Å²) in [5.74, 6) is 0.960. The van der Waals surface area contributed by atoms with Gasteiger partial charge in [-0.3, -0.25) is 4.79 Å². The van der Waals surface area contributed by atoms with Crippen molar-refractivity contribution in [1.29, 1.82) is 0 Å². The van der Waals surface area contributed by atoms with E-state index in [9.17, 15) is 4.79 Å². The minimum Gasteiger partial charge on any atom is -0.352 e. The molecule has 154 valence electrons. The van der Waals surface area contributed by atoms with Crippen molar-refractivity contribution in [2.75, 3.05) is 31.1 Å². The third kappa shape index (κ3) is 3.75. The van der Waals surface area contributed by atoms with Gasteiger partial charge in [0.2, 0.25) is 0 Å². The third-order valence-electron chi connectivity index (χ3n) is 5.98. The SMILES string of the molecule is Cc1ccccc1C(=O)N1CCN(c2ccc(-c3cccc4ccccc34)nn2)CC1. The van der Waals surface area contributed by atoms with Crippen molar-refractivity contribution in [1.82, 2.24) is 15.1 Å². The van der Waals surface area contributed by atoms with E-state index in [4.69, 9.17) is 0 Å². The lowest BCUT2D eigenvalue weighted by atomic mass is 10.0. The summed E-state index contributed by atoms with van der Waals surface area (Å²) in [5.41, 5.74) is 3.76. The van der Waals surface area contributed by atoms with E-state index in [1.165, 1.54) is 10.8 Å². The number of amides is 1. The van der Waals surface area contributed by atoms with Gasteiger partial charge in [-0.1, -0.05) is 60.7 Å². The molecular weight excluding hydrogens is 384 g/mol. The van der Waals surface area contributed by atoms with Crippen molar-refractivity contribution in [2.45, 2.75) is 6.92 Å². The fourth-order valence-corrected chi connectivity index (χ4v) is 4.21. The summed E-state index contributed by atoms with van der Waals surface area (Å²) in [6, 6.07) is 26.4. The van der Waals surface area contributed by atoms with Crippen LogP contribution >= 0.6 is 0 Å². The maximum absolute atomic E-state index is 12.9. The highest BCUT2D eigenvalue weighted by Crippen LogP contribution is 2.27. The van der Waals surface area contributed by atoms with Crippen molar-refractivity contribution in [3.05, 3.63) is 90.0 Å². The van der Waals surface area contributed by atoms with Gasteiger partial charge in [0.1, 0.15) is 0 Å². The van der Waals surface area contributed by atoms with Crippen LogP contribution in [0.5, 0.6) is 0 Å². The van der Waals surface area contributed by atoms with Crippen LogP contribution in [0.2, 0.25) is 0 Å². The van der Waals surface area contributed by atoms with Crippen LogP contribution < -0.4 is 4.90 Å². The maximum atomic E-state index is 12.9. The first-order valence-electron chi connectivity index (χ1n) is 10.6. The Morgan fingerprint density at radius 3 is 2.29 bits per heavy atom. The van der Waals surface area contributed by atoms with Crippen LogP contribution in [0.1, 0.15) is 15.9 Å². The monoisotopic (exact) mass is 408 g/mol. The number of hydrogen-bond donors (Lipinski definition) is 0. The van der Waals surface area contributed by atoms with Crippen LogP contribution in [-0.2, 0) is 0 Å². The second-order valence-corrected chi connectivity index (χ2v) is 7.90. The number of aryl methyl sites for hydroxylation is 1. The summed E-state index contributed by atoms with van der Waals surface area (Å²) < 4.78 is 0. The molecule has 0 atom stereocenters. The number of aromatic nitrogens is 2. The molecule has 0 saturated carbocycles. The highest BCUT2D eigenvalue weighted by molar-refractivity contribution is 5.96. The Balaban J connectivity index is 1.29. The van der Waals surface area contributed by atoms with E-state index in [-0.39, 0.29) is 5.91 Å². The third-order valence-corrected chi connectivity index (χ3v) is 5.98. The molecule has 5 nitrogen and oxygen atoms in total. The molecule has 0 radical (unpaired) electrons. The topological polar surface area (TPSA) is 49.3 Å². The van der Waals surface area contributed by atoms with Gasteiger partial charge in [-0.2, -0.15) is 0 Å². The van der Waals surface area contributed by atoms with E-state index in [1.807, 2.05) is 60.4 Å². The lowest BCUT2D eigenvalue weighted by molar-refractivity contribution is 0.0745. The van der Waals surface area contributed by atoms with Crippen molar-refractivity contribution in [2.24, 2.45) is 0 Å². The minimum atomic E-state index is 0.107. The lowest BCUT2D eigenvalue weighted by Gasteiger charge is -2.35. The van der Waals surface area contributed by atoms with Crippen LogP contribution in [0.25, 0.3) is 22.0 Å². The predicted octanol–water partition coefficient (Wildman–Crippen LogP) is 4.57. The van der Waals surface area contributed by atoms with Crippen LogP contribution in [0.3, 0.4) is 0 Å². The van der Waals surface area contributed by atoms with Crippen LogP contribution in [0, 0.1) is 6.92 Å². The summed E-state index contributed by atoms with van der Waals surface area (Å²) in [4.78, 5) is 17.0. The molecule has 1 aliphatic rings. The van der Waals surface area contributed by atoms with Gasteiger partial charge in [0.15, 0.2) is 5.82 Å². The van der Waals surface area contributed by atoms with Gasteiger partial charge in [-0.25, -0.2) is 0 Å². The molecule has 1 amide bonds. The average molecular weight is 409 g/mol. The number of fused-ring (bicyclic) bond motifs is 1. The normalized spacial score (nSPS) is 14.1. The molecule has 0 spiro atoms. The number of nitrogens with zero attached hydrogens (tertiary/aromatic N) is 4. The van der Waals surface area contributed by atoms with Gasteiger partial charge in [0.05, 0.1) is 5.69 Å². The Bertz CT molecular complexity index is 1220. The second-order valence-electron chi connectivity index (χ2n) is 7.90. The standard InChI is InChI=1S/C26H24N4O/c1-19-7-2-4-10-21(19)26(31)30-17-15-29(16-18-30)25-14-13-24(27-28-25)23-12-6-9-20-8-3-5-11-22(20)23/h2-14H,15-18H2,1H3. The molecule has 5 heteroatoms. The number of carbonyl (C=O) groups excluding carboxylic acids is 1. The second kappa shape index (κ2) is 8.19. The Morgan fingerprint density at radius 1 is 0.774 bits per heavy atom. The zero-order chi connectivity index (χ0) is 21.2. The first-order valence-corrected chi connectivity index (χ1v) is 10.6. The predicted molar refractivity (Wildman–Crippen MR) is 124 cm³/mol. The van der Waals surface area contributed by atoms with Gasteiger partial charge in [0.25, 0.3) is 5.91 Å². The largest absolute Gasteiger partial charge is 0.352 e. The Labute approximate surface area is 182 Å². The quantitative estimate of drug-likeness (QED) is 0.498. The average Bonchev–Trinajstić information content (AvgIpc) is 2.84. The number of hydrogen-bond acceptors (Lipinski definition) is 4. The van der Waals surface area contributed by atoms with E-state index < -0.39 is 0 Å². The van der Waals surface area contributed by atoms with E-state index >= 15 is 0 Å². The molecule has 0 N–H and O–H groups in total. The Kier molecular flexibility index (Phi) is 5.08. The summed E-state index contributed by atoms with van der Waals surface area (Å²) in [6.45, 7) is 4.84. The van der Waals surface area contributed by atoms with Gasteiger partial charge < -0.3 is 9.80 Å². The Morgan fingerprint density at radius 2 is 1.52 bits per heavy atom. The number of benzene rings is 3. The molecule has 2 heterocycles. The molecule has 5 rings (SSSR count). The van der Waals surface area contributed by atoms with Gasteiger partial charge in [-0.15, -0.1) is 10.2 Å². The fourth-order valence-electron chi connectivity index (χ4n) is 4.21. The number of piperazine rings is 1. The summed E-state index contributed by atoms with van der Waals surface area (Å²) in [7, 11) is 0. The molecule has 1 saturated heterocycles. The number of carbonyl (C=O) groups is 1. The van der Waals surface area contributed by atoms with Crippen LogP contribution in [-0.4, -0.2) is 47.2 Å². The molecule has 3 aromatic carbocycles. The van der Waals surface area contributed by atoms with Crippen LogP contribution in [0.4, 0.5) is 5.82 Å². The zero-order valence-electron chi connectivity index (χ0n) is 17.5. The highest BCUT2D eigenvalue weighted by Gasteiger charge is 2.24. The zero-order valence-corrected chi connectivity index (χ0v) is 17.5. The number of anilines is 1. The summed E-state index contributed by atoms with van der Waals surface area (Å²) >= 11 is 0. The van der Waals surface area contributed by atoms with E-state index in [1.54, 1.807) is 0 Å². The smallest absolute Gasteiger partial charge is 0.254 e. The first-order chi connectivity index (χ1) is 15.2. The van der Waals surface area contributed by atoms with Crippen LogP contribution in [0.15, 0.2) is 78.9 Å². The molecule has 4 aromatic rings. The van der Waals surface area contributed by atoms with Crippen molar-refractivity contribution in [3.63, 3.8) is 0 Å². The molecule has 0 bridgehead atoms. The molecule has 1 fully saturated rings. The number of rotatable bonds is 3. The van der Waals surface area contributed by atoms with Gasteiger partial charge >= 0.3 is 0 Å². The highest BCUT2D eigenvalue weighted by atomic mass is 16.2. The van der Waals surface area contributed by atoms with E-state index in [0.29, 0.717) is 13.1 Å². The van der Waals surface area contributed by atoms with E-state index in [0.717, 1.165) is 41.3 Å². The molecule has 0 aliphatic carbocycles. The van der Waals surface area contributed by atoms with Gasteiger partial charge in [-0.05, 0) is 41.5 Å². The minimum absolute atomic E-state index is 0.107. The van der Waals surface area contributed by atoms with Crippen molar-refractivity contribution in [3.8, 4) is 11.3 Å². The van der Waals surface area contributed by atoms with Gasteiger partial charge in [0, 0.05) is 37.3 Å². The Hall–Kier alpha value is -3.73. The molecule has 1 aromatic heterocycles. The summed E-state index contributed by atoms with van der Waals surface area (Å²) in [6.07, 6.45) is 0. The molecule has 1 aliphatic heterocycles. The van der Waals surface area contributed by atoms with Crippen molar-refractivity contribution < 1.29 is 4.79 Å². The van der Waals surface area contributed by atoms with E-state index in [2.05, 4.69) is 45.4 Å². The lowest BCUT2D eigenvalue weighted by Crippen LogP contribution is -2.49. The fraction of sp³-hybridized carbons (Fsp3) is 0.192. The summed E-state index contributed by atoms with van der Waals surface area (Å²) in [5, 5.41) is 11.4. The first kappa shape index (κ1) is 19.2. The van der Waals surface area contributed by atoms with Crippen molar-refractivity contribution >= 4 is 22.5 Å².